The van der Waals surface area contributed by atoms with Gasteiger partial charge in [-0.25, -0.2) is 4.98 Å². The molecule has 26 heavy (non-hydrogen) atoms. The molecular formula is C18H21N5O2S. The van der Waals surface area contributed by atoms with E-state index in [-0.39, 0.29) is 11.7 Å². The highest BCUT2D eigenvalue weighted by molar-refractivity contribution is 7.20. The Morgan fingerprint density at radius 1 is 1.38 bits per heavy atom. The number of para-hydroxylation sites is 2. The minimum atomic E-state index is -0.150. The van der Waals surface area contributed by atoms with Crippen LogP contribution in [0.2, 0.25) is 0 Å². The molecule has 7 nitrogen and oxygen atoms in total. The minimum absolute atomic E-state index is 0.0216. The highest BCUT2D eigenvalue weighted by atomic mass is 32.1. The van der Waals surface area contributed by atoms with Crippen LogP contribution < -0.4 is 20.1 Å². The molecule has 3 aromatic rings. The van der Waals surface area contributed by atoms with E-state index in [1.807, 2.05) is 37.1 Å². The monoisotopic (exact) mass is 371 g/mol. The Hall–Kier alpha value is -2.61. The summed E-state index contributed by atoms with van der Waals surface area (Å²) in [4.78, 5) is 21.4. The fraction of sp³-hybridized carbons (Fsp3) is 0.389. The van der Waals surface area contributed by atoms with Crippen molar-refractivity contribution >= 4 is 27.1 Å². The summed E-state index contributed by atoms with van der Waals surface area (Å²) in [5.74, 6) is 0.914. The zero-order chi connectivity index (χ0) is 18.3. The molecule has 0 radical (unpaired) electrons. The van der Waals surface area contributed by atoms with Crippen molar-refractivity contribution in [2.24, 2.45) is 0 Å². The molecule has 1 atom stereocenters. The maximum atomic E-state index is 12.1. The summed E-state index contributed by atoms with van der Waals surface area (Å²) in [6.07, 6.45) is 0.0216. The molecule has 0 bridgehead atoms. The van der Waals surface area contributed by atoms with Gasteiger partial charge in [-0.3, -0.25) is 4.79 Å². The van der Waals surface area contributed by atoms with Crippen LogP contribution in [0, 0.1) is 6.92 Å². The van der Waals surface area contributed by atoms with Crippen molar-refractivity contribution < 1.29 is 4.74 Å². The summed E-state index contributed by atoms with van der Waals surface area (Å²) in [5.41, 5.74) is 1.70. The van der Waals surface area contributed by atoms with Gasteiger partial charge < -0.3 is 14.5 Å². The van der Waals surface area contributed by atoms with E-state index in [0.717, 1.165) is 29.7 Å². The van der Waals surface area contributed by atoms with Crippen molar-refractivity contribution in [1.29, 1.82) is 0 Å². The van der Waals surface area contributed by atoms with Crippen LogP contribution >= 0.6 is 11.3 Å². The Morgan fingerprint density at radius 3 is 3.00 bits per heavy atom. The molecule has 0 fully saturated rings. The zero-order valence-electron chi connectivity index (χ0n) is 15.0. The predicted octanol–water partition coefficient (Wildman–Crippen LogP) is 2.18. The number of fused-ring (bicyclic) bond motifs is 2. The summed E-state index contributed by atoms with van der Waals surface area (Å²) in [5, 5.41) is 5.17. The minimum Gasteiger partial charge on any atom is -0.485 e. The molecule has 0 saturated carbocycles. The lowest BCUT2D eigenvalue weighted by Crippen LogP contribution is -2.45. The van der Waals surface area contributed by atoms with Crippen LogP contribution in [0.25, 0.3) is 4.96 Å². The van der Waals surface area contributed by atoms with Crippen molar-refractivity contribution in [3.63, 3.8) is 0 Å². The molecule has 0 aliphatic carbocycles. The number of benzene rings is 1. The Labute approximate surface area is 155 Å². The second kappa shape index (κ2) is 6.60. The van der Waals surface area contributed by atoms with Crippen LogP contribution in [0.15, 0.2) is 35.1 Å². The topological polar surface area (TPSA) is 63.0 Å². The molecule has 0 unspecified atom stereocenters. The summed E-state index contributed by atoms with van der Waals surface area (Å²) in [6.45, 7) is 6.40. The third-order valence-electron chi connectivity index (χ3n) is 4.47. The summed E-state index contributed by atoms with van der Waals surface area (Å²) < 4.78 is 7.54. The van der Waals surface area contributed by atoms with Gasteiger partial charge in [0.2, 0.25) is 10.1 Å². The lowest BCUT2D eigenvalue weighted by Gasteiger charge is -2.37. The van der Waals surface area contributed by atoms with Crippen LogP contribution in [-0.2, 0) is 0 Å². The average molecular weight is 371 g/mol. The third-order valence-corrected chi connectivity index (χ3v) is 5.49. The standard InChI is InChI=1S/C18H21N5O2S/c1-4-22-11-13(25-15-8-6-5-7-14(15)22)10-21(3)18-20-23-16(24)9-12(2)19-17(23)26-18/h5-9,13H,4,10-11H2,1-3H3/t13-/m1/s1. The number of aryl methyl sites for hydroxylation is 1. The van der Waals surface area contributed by atoms with E-state index in [4.69, 9.17) is 4.74 Å². The predicted molar refractivity (Wildman–Crippen MR) is 104 cm³/mol. The van der Waals surface area contributed by atoms with Crippen LogP contribution in [0.3, 0.4) is 0 Å². The number of rotatable bonds is 4. The van der Waals surface area contributed by atoms with E-state index in [1.165, 1.54) is 21.9 Å². The van der Waals surface area contributed by atoms with Gasteiger partial charge in [-0.05, 0) is 26.0 Å². The molecular weight excluding hydrogens is 350 g/mol. The second-order valence-electron chi connectivity index (χ2n) is 6.44. The van der Waals surface area contributed by atoms with Crippen molar-refractivity contribution in [3.8, 4) is 5.75 Å². The molecule has 0 N–H and O–H groups in total. The summed E-state index contributed by atoms with van der Waals surface area (Å²) in [6, 6.07) is 9.62. The first-order chi connectivity index (χ1) is 12.5. The number of nitrogens with zero attached hydrogens (tertiary/aromatic N) is 5. The van der Waals surface area contributed by atoms with E-state index in [2.05, 4.69) is 28.0 Å². The van der Waals surface area contributed by atoms with Gasteiger partial charge in [-0.15, -0.1) is 5.10 Å². The molecule has 8 heteroatoms. The Kier molecular flexibility index (Phi) is 4.28. The number of anilines is 2. The molecule has 0 saturated heterocycles. The quantitative estimate of drug-likeness (QED) is 0.701. The van der Waals surface area contributed by atoms with Gasteiger partial charge in [0.25, 0.3) is 5.56 Å². The van der Waals surface area contributed by atoms with Crippen LogP contribution in [-0.4, -0.2) is 47.4 Å². The van der Waals surface area contributed by atoms with Gasteiger partial charge in [0, 0.05) is 25.4 Å². The van der Waals surface area contributed by atoms with Gasteiger partial charge in [0.1, 0.15) is 11.9 Å². The number of ether oxygens (including phenoxy) is 1. The molecule has 1 aliphatic rings. The fourth-order valence-corrected chi connectivity index (χ4v) is 4.14. The fourth-order valence-electron chi connectivity index (χ4n) is 3.22. The van der Waals surface area contributed by atoms with Gasteiger partial charge >= 0.3 is 0 Å². The first kappa shape index (κ1) is 16.8. The maximum Gasteiger partial charge on any atom is 0.275 e. The molecule has 1 aromatic carbocycles. The molecule has 136 valence electrons. The Bertz CT molecular complexity index is 999. The van der Waals surface area contributed by atoms with E-state index in [0.29, 0.717) is 17.2 Å². The van der Waals surface area contributed by atoms with Gasteiger partial charge in [0.15, 0.2) is 0 Å². The lowest BCUT2D eigenvalue weighted by atomic mass is 10.2. The normalized spacial score (nSPS) is 16.4. The molecule has 2 aromatic heterocycles. The number of hydrogen-bond donors (Lipinski definition) is 0. The zero-order valence-corrected chi connectivity index (χ0v) is 15.9. The van der Waals surface area contributed by atoms with E-state index < -0.39 is 0 Å². The number of likely N-dealkylation sites (N-methyl/N-ethyl adjacent to an activating group) is 2. The van der Waals surface area contributed by atoms with Crippen molar-refractivity contribution in [2.45, 2.75) is 20.0 Å². The number of aromatic nitrogens is 3. The largest absolute Gasteiger partial charge is 0.485 e. The summed E-state index contributed by atoms with van der Waals surface area (Å²) in [7, 11) is 1.97. The average Bonchev–Trinajstić information content (AvgIpc) is 3.05. The highest BCUT2D eigenvalue weighted by Crippen LogP contribution is 2.33. The third kappa shape index (κ3) is 3.01. The Balaban J connectivity index is 1.56. The van der Waals surface area contributed by atoms with Crippen molar-refractivity contribution in [1.82, 2.24) is 14.6 Å². The Morgan fingerprint density at radius 2 is 2.19 bits per heavy atom. The lowest BCUT2D eigenvalue weighted by molar-refractivity contribution is 0.200. The second-order valence-corrected chi connectivity index (χ2v) is 7.38. The molecule has 0 amide bonds. The van der Waals surface area contributed by atoms with Crippen molar-refractivity contribution in [2.75, 3.05) is 36.5 Å². The van der Waals surface area contributed by atoms with Gasteiger partial charge in [0.05, 0.1) is 18.8 Å². The summed E-state index contributed by atoms with van der Waals surface area (Å²) >= 11 is 1.41. The van der Waals surface area contributed by atoms with Crippen molar-refractivity contribution in [3.05, 3.63) is 46.4 Å². The van der Waals surface area contributed by atoms with Gasteiger partial charge in [-0.2, -0.15) is 4.52 Å². The van der Waals surface area contributed by atoms with Gasteiger partial charge in [-0.1, -0.05) is 23.5 Å². The molecule has 1 aliphatic heterocycles. The molecule has 0 spiro atoms. The van der Waals surface area contributed by atoms with Crippen LogP contribution in [0.4, 0.5) is 10.8 Å². The first-order valence-electron chi connectivity index (χ1n) is 8.64. The smallest absolute Gasteiger partial charge is 0.275 e. The number of hydrogen-bond acceptors (Lipinski definition) is 7. The van der Waals surface area contributed by atoms with E-state index in [9.17, 15) is 4.79 Å². The highest BCUT2D eigenvalue weighted by Gasteiger charge is 2.26. The molecule has 3 heterocycles. The van der Waals surface area contributed by atoms with Crippen LogP contribution in [0.1, 0.15) is 12.6 Å². The van der Waals surface area contributed by atoms with E-state index >= 15 is 0 Å². The SMILES string of the molecule is CCN1C[C@@H](CN(C)c2nn3c(=O)cc(C)nc3s2)Oc2ccccc21. The van der Waals surface area contributed by atoms with Crippen LogP contribution in [0.5, 0.6) is 5.75 Å². The van der Waals surface area contributed by atoms with E-state index in [1.54, 1.807) is 0 Å². The first-order valence-corrected chi connectivity index (χ1v) is 9.46. The maximum absolute atomic E-state index is 12.1. The molecule has 4 rings (SSSR count).